The van der Waals surface area contributed by atoms with Crippen molar-refractivity contribution in [1.29, 1.82) is 0 Å². The number of nitrogens with one attached hydrogen (secondary N) is 1. The molecule has 1 fully saturated rings. The number of aromatic nitrogens is 1. The second kappa shape index (κ2) is 7.81. The number of aliphatic imine (C=N–C) groups is 1. The SMILES string of the molecule is CC1(C)C(=O)N(c2ccc(OC(F)(F)F)cc2)C(=O)N1Cc1ccncc1C1=NCCN1. The van der Waals surface area contributed by atoms with Crippen LogP contribution in [-0.4, -0.2) is 52.6 Å². The third-order valence-corrected chi connectivity index (χ3v) is 5.32. The van der Waals surface area contributed by atoms with Gasteiger partial charge in [0.05, 0.1) is 12.2 Å². The monoisotopic (exact) mass is 447 g/mol. The second-order valence-corrected chi connectivity index (χ2v) is 7.80. The quantitative estimate of drug-likeness (QED) is 0.712. The van der Waals surface area contributed by atoms with E-state index < -0.39 is 29.6 Å². The average Bonchev–Trinajstić information content (AvgIpc) is 3.31. The van der Waals surface area contributed by atoms with Crippen molar-refractivity contribution in [2.75, 3.05) is 18.0 Å². The summed E-state index contributed by atoms with van der Waals surface area (Å²) in [6.45, 7) is 4.72. The number of carbonyl (C=O) groups is 2. The molecule has 0 atom stereocenters. The first-order valence-corrected chi connectivity index (χ1v) is 9.81. The number of urea groups is 1. The highest BCUT2D eigenvalue weighted by Crippen LogP contribution is 2.35. The molecule has 1 N–H and O–H groups in total. The van der Waals surface area contributed by atoms with Crippen LogP contribution < -0.4 is 15.0 Å². The van der Waals surface area contributed by atoms with Crippen LogP contribution >= 0.6 is 0 Å². The van der Waals surface area contributed by atoms with Gasteiger partial charge in [0.2, 0.25) is 0 Å². The number of halogens is 3. The number of nitrogens with zero attached hydrogens (tertiary/aromatic N) is 4. The first-order valence-electron chi connectivity index (χ1n) is 9.81. The Hall–Kier alpha value is -3.63. The highest BCUT2D eigenvalue weighted by molar-refractivity contribution is 6.23. The van der Waals surface area contributed by atoms with Crippen LogP contribution in [0.1, 0.15) is 25.0 Å². The Kier molecular flexibility index (Phi) is 5.27. The van der Waals surface area contributed by atoms with Gasteiger partial charge in [-0.3, -0.25) is 14.8 Å². The van der Waals surface area contributed by atoms with Crippen molar-refractivity contribution in [3.8, 4) is 5.75 Å². The number of amidine groups is 1. The summed E-state index contributed by atoms with van der Waals surface area (Å²) >= 11 is 0. The van der Waals surface area contributed by atoms with Gasteiger partial charge in [-0.1, -0.05) is 0 Å². The minimum absolute atomic E-state index is 0.127. The first kappa shape index (κ1) is 21.6. The summed E-state index contributed by atoms with van der Waals surface area (Å²) in [7, 11) is 0. The molecule has 2 aliphatic heterocycles. The number of rotatable bonds is 5. The lowest BCUT2D eigenvalue weighted by Gasteiger charge is -2.28. The molecule has 2 aromatic rings. The van der Waals surface area contributed by atoms with Gasteiger partial charge in [0.15, 0.2) is 0 Å². The number of imide groups is 1. The molecule has 0 spiro atoms. The largest absolute Gasteiger partial charge is 0.573 e. The third kappa shape index (κ3) is 3.97. The first-order chi connectivity index (χ1) is 15.1. The second-order valence-electron chi connectivity index (χ2n) is 7.80. The van der Waals surface area contributed by atoms with E-state index in [9.17, 15) is 22.8 Å². The van der Waals surface area contributed by atoms with Gasteiger partial charge in [-0.2, -0.15) is 0 Å². The van der Waals surface area contributed by atoms with Gasteiger partial charge in [-0.15, -0.1) is 13.2 Å². The average molecular weight is 447 g/mol. The number of pyridine rings is 1. The van der Waals surface area contributed by atoms with Crippen LogP contribution in [0.3, 0.4) is 0 Å². The Morgan fingerprint density at radius 2 is 1.88 bits per heavy atom. The molecule has 0 saturated carbocycles. The van der Waals surface area contributed by atoms with Crippen molar-refractivity contribution in [1.82, 2.24) is 15.2 Å². The summed E-state index contributed by atoms with van der Waals surface area (Å²) in [4.78, 5) is 37.3. The topological polar surface area (TPSA) is 87.1 Å². The predicted octanol–water partition coefficient (Wildman–Crippen LogP) is 3.08. The molecule has 4 rings (SSSR count). The number of amides is 3. The van der Waals surface area contributed by atoms with Crippen molar-refractivity contribution in [2.24, 2.45) is 4.99 Å². The van der Waals surface area contributed by atoms with Crippen LogP contribution in [0.25, 0.3) is 0 Å². The highest BCUT2D eigenvalue weighted by atomic mass is 19.4. The smallest absolute Gasteiger partial charge is 0.406 e. The van der Waals surface area contributed by atoms with E-state index >= 15 is 0 Å². The van der Waals surface area contributed by atoms with E-state index in [0.717, 1.165) is 28.2 Å². The van der Waals surface area contributed by atoms with Crippen molar-refractivity contribution in [2.45, 2.75) is 32.3 Å². The summed E-state index contributed by atoms with van der Waals surface area (Å²) in [5.41, 5.74) is 0.483. The fourth-order valence-corrected chi connectivity index (χ4v) is 3.65. The number of ether oxygens (including phenoxy) is 1. The summed E-state index contributed by atoms with van der Waals surface area (Å²) in [6.07, 6.45) is -1.58. The number of alkyl halides is 3. The number of hydrogen-bond acceptors (Lipinski definition) is 6. The van der Waals surface area contributed by atoms with Gasteiger partial charge in [0.1, 0.15) is 17.1 Å². The zero-order chi connectivity index (χ0) is 23.1. The number of anilines is 1. The van der Waals surface area contributed by atoms with Crippen molar-refractivity contribution >= 4 is 23.5 Å². The zero-order valence-electron chi connectivity index (χ0n) is 17.3. The van der Waals surface area contributed by atoms with Crippen LogP contribution in [0.2, 0.25) is 0 Å². The van der Waals surface area contributed by atoms with Crippen LogP contribution in [0.15, 0.2) is 47.7 Å². The van der Waals surface area contributed by atoms with E-state index in [2.05, 4.69) is 20.0 Å². The molecule has 1 aromatic carbocycles. The fraction of sp³-hybridized carbons (Fsp3) is 0.333. The van der Waals surface area contributed by atoms with Crippen molar-refractivity contribution in [3.63, 3.8) is 0 Å². The Labute approximate surface area is 181 Å². The molecule has 0 unspecified atom stereocenters. The maximum Gasteiger partial charge on any atom is 0.573 e. The lowest BCUT2D eigenvalue weighted by Crippen LogP contribution is -2.44. The number of benzene rings is 1. The molecule has 32 heavy (non-hydrogen) atoms. The summed E-state index contributed by atoms with van der Waals surface area (Å²) in [6, 6.07) is 5.79. The van der Waals surface area contributed by atoms with Crippen LogP contribution in [0.4, 0.5) is 23.7 Å². The predicted molar refractivity (Wildman–Crippen MR) is 109 cm³/mol. The van der Waals surface area contributed by atoms with Gasteiger partial charge in [0, 0.05) is 31.0 Å². The van der Waals surface area contributed by atoms with Gasteiger partial charge < -0.3 is 15.0 Å². The Morgan fingerprint density at radius 3 is 2.50 bits per heavy atom. The van der Waals surface area contributed by atoms with E-state index in [4.69, 9.17) is 0 Å². The van der Waals surface area contributed by atoms with E-state index in [1.165, 1.54) is 17.0 Å². The Bertz CT molecular complexity index is 1080. The zero-order valence-corrected chi connectivity index (χ0v) is 17.3. The molecular weight excluding hydrogens is 427 g/mol. The molecule has 0 bridgehead atoms. The molecule has 2 aliphatic rings. The molecule has 3 amide bonds. The number of hydrogen-bond donors (Lipinski definition) is 1. The van der Waals surface area contributed by atoms with Crippen LogP contribution in [0, 0.1) is 0 Å². The minimum Gasteiger partial charge on any atom is -0.406 e. The molecule has 3 heterocycles. The molecule has 1 saturated heterocycles. The maximum atomic E-state index is 13.2. The molecule has 168 valence electrons. The normalized spacial score (nSPS) is 18.1. The Morgan fingerprint density at radius 1 is 1.16 bits per heavy atom. The van der Waals surface area contributed by atoms with Crippen LogP contribution in [-0.2, 0) is 11.3 Å². The Balaban J connectivity index is 1.61. The molecule has 0 aliphatic carbocycles. The summed E-state index contributed by atoms with van der Waals surface area (Å²) in [5, 5.41) is 3.17. The van der Waals surface area contributed by atoms with E-state index in [1.54, 1.807) is 32.3 Å². The molecule has 11 heteroatoms. The molecule has 0 radical (unpaired) electrons. The fourth-order valence-electron chi connectivity index (χ4n) is 3.65. The highest BCUT2D eigenvalue weighted by Gasteiger charge is 2.52. The molecular formula is C21H20F3N5O3. The van der Waals surface area contributed by atoms with Gasteiger partial charge in [-0.05, 0) is 49.7 Å². The van der Waals surface area contributed by atoms with Crippen LogP contribution in [0.5, 0.6) is 5.75 Å². The summed E-state index contributed by atoms with van der Waals surface area (Å²) in [5.74, 6) is -0.248. The summed E-state index contributed by atoms with van der Waals surface area (Å²) < 4.78 is 41.1. The standard InChI is InChI=1S/C21H20F3N5O3/c1-20(2)18(30)29(14-3-5-15(6-4-14)32-21(22,23)24)19(31)28(20)12-13-7-8-25-11-16(13)17-26-9-10-27-17/h3-8,11H,9-10,12H2,1-2H3,(H,26,27). The lowest BCUT2D eigenvalue weighted by molar-refractivity contribution is -0.274. The van der Waals surface area contributed by atoms with Crippen molar-refractivity contribution < 1.29 is 27.5 Å². The third-order valence-electron chi connectivity index (χ3n) is 5.32. The van der Waals surface area contributed by atoms with Gasteiger partial charge >= 0.3 is 12.4 Å². The minimum atomic E-state index is -4.83. The number of carbonyl (C=O) groups excluding carboxylic acids is 2. The van der Waals surface area contributed by atoms with Gasteiger partial charge in [0.25, 0.3) is 5.91 Å². The lowest BCUT2D eigenvalue weighted by atomic mass is 10.0. The van der Waals surface area contributed by atoms with E-state index in [-0.39, 0.29) is 12.2 Å². The molecule has 8 nitrogen and oxygen atoms in total. The van der Waals surface area contributed by atoms with E-state index in [1.807, 2.05) is 0 Å². The molecule has 1 aromatic heterocycles. The van der Waals surface area contributed by atoms with Gasteiger partial charge in [-0.25, -0.2) is 9.69 Å². The van der Waals surface area contributed by atoms with Crippen molar-refractivity contribution in [3.05, 3.63) is 53.9 Å². The van der Waals surface area contributed by atoms with E-state index in [0.29, 0.717) is 18.9 Å². The maximum absolute atomic E-state index is 13.2.